The van der Waals surface area contributed by atoms with Crippen LogP contribution in [0, 0.1) is 0 Å². The first kappa shape index (κ1) is 16.0. The quantitative estimate of drug-likeness (QED) is 0.771. The highest BCUT2D eigenvalue weighted by molar-refractivity contribution is 5.92. The minimum absolute atomic E-state index is 0.362. The normalized spacial score (nSPS) is 18.3. The van der Waals surface area contributed by atoms with Gasteiger partial charge in [-0.15, -0.1) is 0 Å². The van der Waals surface area contributed by atoms with Crippen molar-refractivity contribution in [2.75, 3.05) is 19.6 Å². The van der Waals surface area contributed by atoms with Crippen LogP contribution in [0.1, 0.15) is 48.5 Å². The average molecular weight is 289 g/mol. The van der Waals surface area contributed by atoms with Crippen molar-refractivity contribution in [3.05, 3.63) is 35.4 Å². The van der Waals surface area contributed by atoms with E-state index in [0.717, 1.165) is 26.2 Å². The van der Waals surface area contributed by atoms with Crippen LogP contribution in [-0.2, 0) is 6.54 Å². The summed E-state index contributed by atoms with van der Waals surface area (Å²) < 4.78 is 0. The van der Waals surface area contributed by atoms with Gasteiger partial charge in [0.1, 0.15) is 0 Å². The predicted molar refractivity (Wildman–Crippen MR) is 86.2 cm³/mol. The number of rotatable bonds is 8. The molecular formula is C17H27N3O. The second-order valence-electron chi connectivity index (χ2n) is 5.94. The fraction of sp³-hybridized carbons (Fsp3) is 0.588. The van der Waals surface area contributed by atoms with Gasteiger partial charge in [-0.25, -0.2) is 0 Å². The summed E-state index contributed by atoms with van der Waals surface area (Å²) in [7, 11) is 0. The van der Waals surface area contributed by atoms with Gasteiger partial charge in [-0.2, -0.15) is 0 Å². The number of nitrogens with two attached hydrogens (primary N) is 1. The topological polar surface area (TPSA) is 58.4 Å². The maximum atomic E-state index is 11.1. The Hall–Kier alpha value is -1.39. The highest BCUT2D eigenvalue weighted by Crippen LogP contribution is 2.12. The third-order valence-corrected chi connectivity index (χ3v) is 4.11. The van der Waals surface area contributed by atoms with Crippen LogP contribution in [0.3, 0.4) is 0 Å². The summed E-state index contributed by atoms with van der Waals surface area (Å²) in [5.41, 5.74) is 7.11. The highest BCUT2D eigenvalue weighted by Gasteiger charge is 2.17. The molecule has 1 fully saturated rings. The average Bonchev–Trinajstić information content (AvgIpc) is 2.98. The zero-order valence-corrected chi connectivity index (χ0v) is 13.0. The van der Waals surface area contributed by atoms with Gasteiger partial charge in [-0.1, -0.05) is 25.5 Å². The second-order valence-corrected chi connectivity index (χ2v) is 5.94. The van der Waals surface area contributed by atoms with E-state index in [4.69, 9.17) is 5.73 Å². The van der Waals surface area contributed by atoms with Crippen LogP contribution in [0.15, 0.2) is 24.3 Å². The molecule has 0 aromatic heterocycles. The zero-order chi connectivity index (χ0) is 15.1. The lowest BCUT2D eigenvalue weighted by Crippen LogP contribution is -2.37. The van der Waals surface area contributed by atoms with Crippen molar-refractivity contribution >= 4 is 5.91 Å². The van der Waals surface area contributed by atoms with Crippen LogP contribution in [0.4, 0.5) is 0 Å². The summed E-state index contributed by atoms with van der Waals surface area (Å²) in [6.07, 6.45) is 5.02. The fourth-order valence-electron chi connectivity index (χ4n) is 2.87. The molecule has 0 spiro atoms. The van der Waals surface area contributed by atoms with Gasteiger partial charge in [0.05, 0.1) is 0 Å². The molecule has 21 heavy (non-hydrogen) atoms. The second kappa shape index (κ2) is 8.15. The molecule has 1 amide bonds. The fourth-order valence-corrected chi connectivity index (χ4v) is 2.87. The van der Waals surface area contributed by atoms with Gasteiger partial charge in [0.15, 0.2) is 0 Å². The summed E-state index contributed by atoms with van der Waals surface area (Å²) in [6.45, 7) is 6.56. The Morgan fingerprint density at radius 3 is 2.71 bits per heavy atom. The molecule has 1 saturated heterocycles. The largest absolute Gasteiger partial charge is 0.366 e. The van der Waals surface area contributed by atoms with Crippen molar-refractivity contribution in [2.45, 2.75) is 45.2 Å². The molecule has 0 bridgehead atoms. The first-order chi connectivity index (χ1) is 10.2. The highest BCUT2D eigenvalue weighted by atomic mass is 16.1. The van der Waals surface area contributed by atoms with E-state index in [0.29, 0.717) is 11.6 Å². The molecule has 3 N–H and O–H groups in total. The number of hydrogen-bond acceptors (Lipinski definition) is 3. The number of carbonyl (C=O) groups excluding carboxylic acids is 1. The summed E-state index contributed by atoms with van der Waals surface area (Å²) in [5, 5.41) is 3.57. The van der Waals surface area contributed by atoms with Crippen molar-refractivity contribution < 1.29 is 4.79 Å². The summed E-state index contributed by atoms with van der Waals surface area (Å²) in [5.74, 6) is -0.362. The number of hydrogen-bond donors (Lipinski definition) is 2. The van der Waals surface area contributed by atoms with Crippen LogP contribution >= 0.6 is 0 Å². The minimum atomic E-state index is -0.362. The molecule has 4 heteroatoms. The molecule has 4 nitrogen and oxygen atoms in total. The van der Waals surface area contributed by atoms with Gasteiger partial charge in [0, 0.05) is 24.7 Å². The lowest BCUT2D eigenvalue weighted by atomic mass is 10.1. The van der Waals surface area contributed by atoms with E-state index in [1.165, 1.54) is 31.2 Å². The summed E-state index contributed by atoms with van der Waals surface area (Å²) in [4.78, 5) is 13.6. The lowest BCUT2D eigenvalue weighted by Gasteiger charge is -2.25. The summed E-state index contributed by atoms with van der Waals surface area (Å²) >= 11 is 0. The third kappa shape index (κ3) is 5.14. The van der Waals surface area contributed by atoms with E-state index in [9.17, 15) is 4.79 Å². The molecule has 1 aliphatic heterocycles. The van der Waals surface area contributed by atoms with Crippen molar-refractivity contribution in [1.29, 1.82) is 0 Å². The number of amides is 1. The molecule has 1 aromatic carbocycles. The predicted octanol–water partition coefficient (Wildman–Crippen LogP) is 2.14. The Kier molecular flexibility index (Phi) is 6.21. The molecule has 116 valence electrons. The van der Waals surface area contributed by atoms with Crippen LogP contribution < -0.4 is 11.1 Å². The van der Waals surface area contributed by atoms with Crippen LogP contribution in [0.5, 0.6) is 0 Å². The maximum Gasteiger partial charge on any atom is 0.248 e. The number of unbranched alkanes of at least 4 members (excludes halogenated alkanes) is 1. The molecule has 1 aromatic rings. The smallest absolute Gasteiger partial charge is 0.248 e. The number of carbonyl (C=O) groups is 1. The third-order valence-electron chi connectivity index (χ3n) is 4.11. The van der Waals surface area contributed by atoms with E-state index < -0.39 is 0 Å². The molecule has 0 saturated carbocycles. The van der Waals surface area contributed by atoms with Gasteiger partial charge in [-0.05, 0) is 50.0 Å². The molecule has 1 atom stereocenters. The number of nitrogens with one attached hydrogen (secondary N) is 1. The molecular weight excluding hydrogens is 262 g/mol. The van der Waals surface area contributed by atoms with Crippen molar-refractivity contribution in [3.8, 4) is 0 Å². The Morgan fingerprint density at radius 2 is 2.14 bits per heavy atom. The van der Waals surface area contributed by atoms with Gasteiger partial charge < -0.3 is 11.1 Å². The molecule has 1 heterocycles. The molecule has 0 aliphatic carbocycles. The monoisotopic (exact) mass is 289 g/mol. The Labute approximate surface area is 127 Å². The summed E-state index contributed by atoms with van der Waals surface area (Å²) in [6, 6.07) is 8.31. The number of nitrogens with zero attached hydrogens (tertiary/aromatic N) is 1. The molecule has 1 unspecified atom stereocenters. The zero-order valence-electron chi connectivity index (χ0n) is 13.0. The van der Waals surface area contributed by atoms with Gasteiger partial charge in [0.25, 0.3) is 0 Å². The van der Waals surface area contributed by atoms with E-state index in [1.807, 2.05) is 24.3 Å². The Bertz CT molecular complexity index is 438. The van der Waals surface area contributed by atoms with E-state index in [-0.39, 0.29) is 5.91 Å². The molecule has 1 aliphatic rings. The SMILES string of the molecule is CCCCN(Cc1ccc(C(N)=O)cc1)CC1CCCN1. The number of primary amides is 1. The van der Waals surface area contributed by atoms with Gasteiger partial charge in [-0.3, -0.25) is 9.69 Å². The van der Waals surface area contributed by atoms with Crippen LogP contribution in [-0.4, -0.2) is 36.5 Å². The first-order valence-corrected chi connectivity index (χ1v) is 8.03. The van der Waals surface area contributed by atoms with E-state index in [1.54, 1.807) is 0 Å². The number of benzene rings is 1. The van der Waals surface area contributed by atoms with Crippen molar-refractivity contribution in [1.82, 2.24) is 10.2 Å². The standard InChI is InChI=1S/C17H27N3O/c1-2-3-11-20(13-16-5-4-10-19-16)12-14-6-8-15(9-7-14)17(18)21/h6-9,16,19H,2-5,10-13H2,1H3,(H2,18,21). The van der Waals surface area contributed by atoms with Gasteiger partial charge in [0.2, 0.25) is 5.91 Å². The Morgan fingerprint density at radius 1 is 1.38 bits per heavy atom. The van der Waals surface area contributed by atoms with Crippen molar-refractivity contribution in [2.24, 2.45) is 5.73 Å². The lowest BCUT2D eigenvalue weighted by molar-refractivity contribution is 0.100. The first-order valence-electron chi connectivity index (χ1n) is 8.03. The van der Waals surface area contributed by atoms with E-state index in [2.05, 4.69) is 17.1 Å². The maximum absolute atomic E-state index is 11.1. The van der Waals surface area contributed by atoms with Crippen molar-refractivity contribution in [3.63, 3.8) is 0 Å². The van der Waals surface area contributed by atoms with Gasteiger partial charge >= 0.3 is 0 Å². The molecule has 0 radical (unpaired) electrons. The minimum Gasteiger partial charge on any atom is -0.366 e. The molecule has 2 rings (SSSR count). The van der Waals surface area contributed by atoms with E-state index >= 15 is 0 Å². The Balaban J connectivity index is 1.94. The van der Waals surface area contributed by atoms with Crippen LogP contribution in [0.25, 0.3) is 0 Å². The van der Waals surface area contributed by atoms with Crippen LogP contribution in [0.2, 0.25) is 0 Å².